The number of halogens is 3. The van der Waals surface area contributed by atoms with E-state index in [1.165, 1.54) is 18.3 Å². The van der Waals surface area contributed by atoms with Crippen molar-refractivity contribution in [2.45, 2.75) is 13.0 Å². The van der Waals surface area contributed by atoms with E-state index in [0.717, 1.165) is 0 Å². The molecule has 0 aliphatic heterocycles. The minimum atomic E-state index is -0.600. The molecule has 1 aromatic carbocycles. The molecule has 1 N–H and O–H groups in total. The van der Waals surface area contributed by atoms with Gasteiger partial charge in [-0.05, 0) is 37.3 Å². The maximum atomic E-state index is 12.1. The van der Waals surface area contributed by atoms with Gasteiger partial charge in [0.1, 0.15) is 11.8 Å². The van der Waals surface area contributed by atoms with Gasteiger partial charge in [0.25, 0.3) is 5.91 Å². The Morgan fingerprint density at radius 3 is 2.62 bits per heavy atom. The van der Waals surface area contributed by atoms with Gasteiger partial charge in [-0.1, -0.05) is 34.8 Å². The van der Waals surface area contributed by atoms with Gasteiger partial charge in [-0.3, -0.25) is 4.79 Å². The number of hydrogen-bond donors (Lipinski definition) is 1. The second-order valence-corrected chi connectivity index (χ2v) is 6.14. The quantitative estimate of drug-likeness (QED) is 0.621. The minimum Gasteiger partial charge on any atom is -0.460 e. The molecule has 0 spiro atoms. The van der Waals surface area contributed by atoms with E-state index in [2.05, 4.69) is 10.3 Å². The van der Waals surface area contributed by atoms with Crippen molar-refractivity contribution in [1.82, 2.24) is 10.3 Å². The Labute approximate surface area is 153 Å². The Morgan fingerprint density at radius 2 is 1.96 bits per heavy atom. The third-order valence-corrected chi connectivity index (χ3v) is 3.85. The molecule has 1 aromatic heterocycles. The highest BCUT2D eigenvalue weighted by Crippen LogP contribution is 2.21. The van der Waals surface area contributed by atoms with Crippen molar-refractivity contribution in [3.05, 3.63) is 62.9 Å². The van der Waals surface area contributed by atoms with Gasteiger partial charge in [-0.2, -0.15) is 0 Å². The number of amides is 1. The summed E-state index contributed by atoms with van der Waals surface area (Å²) in [6, 6.07) is 7.20. The molecule has 2 rings (SSSR count). The molecular formula is C16H13Cl3N2O3. The summed E-state index contributed by atoms with van der Waals surface area (Å²) in [6.45, 7) is 1.67. The minimum absolute atomic E-state index is 0.0264. The van der Waals surface area contributed by atoms with Crippen molar-refractivity contribution >= 4 is 46.7 Å². The van der Waals surface area contributed by atoms with Gasteiger partial charge < -0.3 is 10.1 Å². The van der Waals surface area contributed by atoms with Crippen LogP contribution in [-0.4, -0.2) is 29.5 Å². The van der Waals surface area contributed by atoms with Crippen LogP contribution in [0.4, 0.5) is 0 Å². The third-order valence-electron chi connectivity index (χ3n) is 3.00. The van der Waals surface area contributed by atoms with E-state index in [-0.39, 0.29) is 27.9 Å². The van der Waals surface area contributed by atoms with Gasteiger partial charge in [0, 0.05) is 11.2 Å². The molecule has 0 aliphatic rings. The first kappa shape index (κ1) is 18.5. The highest BCUT2D eigenvalue weighted by atomic mass is 35.5. The predicted octanol–water partition coefficient (Wildman–Crippen LogP) is 4.02. The van der Waals surface area contributed by atoms with Crippen LogP contribution >= 0.6 is 34.8 Å². The average molecular weight is 388 g/mol. The molecule has 24 heavy (non-hydrogen) atoms. The molecular weight excluding hydrogens is 375 g/mol. The SMILES string of the molecule is C[C@@H](COC(=O)c1ccc(Cl)cc1Cl)NC(=O)c1cccnc1Cl. The summed E-state index contributed by atoms with van der Waals surface area (Å²) < 4.78 is 5.15. The first-order valence-electron chi connectivity index (χ1n) is 6.92. The van der Waals surface area contributed by atoms with Crippen LogP contribution in [0, 0.1) is 0 Å². The van der Waals surface area contributed by atoms with E-state index in [9.17, 15) is 9.59 Å². The summed E-state index contributed by atoms with van der Waals surface area (Å²) in [6.07, 6.45) is 1.49. The second-order valence-electron chi connectivity index (χ2n) is 4.94. The lowest BCUT2D eigenvalue weighted by atomic mass is 10.2. The Hall–Kier alpha value is -1.82. The zero-order chi connectivity index (χ0) is 17.7. The maximum absolute atomic E-state index is 12.1. The number of pyridine rings is 1. The molecule has 1 heterocycles. The summed E-state index contributed by atoms with van der Waals surface area (Å²) in [5, 5.41) is 3.40. The fourth-order valence-electron chi connectivity index (χ4n) is 1.83. The van der Waals surface area contributed by atoms with E-state index in [1.807, 2.05) is 0 Å². The Balaban J connectivity index is 1.91. The Kier molecular flexibility index (Phi) is 6.43. The second kappa shape index (κ2) is 8.33. The van der Waals surface area contributed by atoms with Crippen LogP contribution < -0.4 is 5.32 Å². The number of ether oxygens (including phenoxy) is 1. The fraction of sp³-hybridized carbons (Fsp3) is 0.188. The number of carbonyl (C=O) groups is 2. The Bertz CT molecular complexity index is 768. The molecule has 5 nitrogen and oxygen atoms in total. The lowest BCUT2D eigenvalue weighted by Gasteiger charge is -2.15. The number of hydrogen-bond acceptors (Lipinski definition) is 4. The highest BCUT2D eigenvalue weighted by molar-refractivity contribution is 6.36. The number of rotatable bonds is 5. The van der Waals surface area contributed by atoms with Gasteiger partial charge in [0.15, 0.2) is 0 Å². The topological polar surface area (TPSA) is 68.3 Å². The van der Waals surface area contributed by atoms with Crippen molar-refractivity contribution in [1.29, 1.82) is 0 Å². The van der Waals surface area contributed by atoms with Gasteiger partial charge in [-0.25, -0.2) is 9.78 Å². The lowest BCUT2D eigenvalue weighted by molar-refractivity contribution is 0.0465. The number of nitrogens with one attached hydrogen (secondary N) is 1. The lowest BCUT2D eigenvalue weighted by Crippen LogP contribution is -2.36. The van der Waals surface area contributed by atoms with Crippen LogP contribution in [0.1, 0.15) is 27.6 Å². The first-order valence-corrected chi connectivity index (χ1v) is 8.05. The van der Waals surface area contributed by atoms with Crippen LogP contribution in [-0.2, 0) is 4.74 Å². The monoisotopic (exact) mass is 386 g/mol. The zero-order valence-corrected chi connectivity index (χ0v) is 14.8. The number of esters is 1. The van der Waals surface area contributed by atoms with Crippen molar-refractivity contribution in [3.8, 4) is 0 Å². The van der Waals surface area contributed by atoms with Gasteiger partial charge >= 0.3 is 5.97 Å². The standard InChI is InChI=1S/C16H13Cl3N2O3/c1-9(21-15(22)12-3-2-6-20-14(12)19)8-24-16(23)11-5-4-10(17)7-13(11)18/h2-7,9H,8H2,1H3,(H,21,22)/t9-/m0/s1. The predicted molar refractivity (Wildman–Crippen MR) is 92.9 cm³/mol. The van der Waals surface area contributed by atoms with Crippen LogP contribution in [0.15, 0.2) is 36.5 Å². The molecule has 0 radical (unpaired) electrons. The molecule has 0 bridgehead atoms. The number of carbonyl (C=O) groups excluding carboxylic acids is 2. The van der Waals surface area contributed by atoms with Gasteiger partial charge in [0.2, 0.25) is 0 Å². The zero-order valence-electron chi connectivity index (χ0n) is 12.6. The smallest absolute Gasteiger partial charge is 0.339 e. The molecule has 0 saturated carbocycles. The van der Waals surface area contributed by atoms with Crippen LogP contribution in [0.5, 0.6) is 0 Å². The Morgan fingerprint density at radius 1 is 1.21 bits per heavy atom. The number of nitrogens with zero attached hydrogens (tertiary/aromatic N) is 1. The molecule has 1 amide bonds. The number of benzene rings is 1. The summed E-state index contributed by atoms with van der Waals surface area (Å²) in [7, 11) is 0. The van der Waals surface area contributed by atoms with E-state index in [1.54, 1.807) is 25.1 Å². The first-order chi connectivity index (χ1) is 11.4. The third kappa shape index (κ3) is 4.84. The van der Waals surface area contributed by atoms with E-state index < -0.39 is 17.9 Å². The molecule has 0 unspecified atom stereocenters. The molecule has 0 fully saturated rings. The summed E-state index contributed by atoms with van der Waals surface area (Å²) >= 11 is 17.6. The van der Waals surface area contributed by atoms with Crippen molar-refractivity contribution < 1.29 is 14.3 Å². The molecule has 0 saturated heterocycles. The molecule has 8 heteroatoms. The maximum Gasteiger partial charge on any atom is 0.339 e. The summed E-state index contributed by atoms with van der Waals surface area (Å²) in [4.78, 5) is 27.9. The van der Waals surface area contributed by atoms with Crippen molar-refractivity contribution in [2.24, 2.45) is 0 Å². The number of aromatic nitrogens is 1. The van der Waals surface area contributed by atoms with Gasteiger partial charge in [-0.15, -0.1) is 0 Å². The van der Waals surface area contributed by atoms with Crippen LogP contribution in [0.25, 0.3) is 0 Å². The molecule has 2 aromatic rings. The molecule has 0 aliphatic carbocycles. The summed E-state index contributed by atoms with van der Waals surface area (Å²) in [5.41, 5.74) is 0.452. The highest BCUT2D eigenvalue weighted by Gasteiger charge is 2.17. The van der Waals surface area contributed by atoms with E-state index in [4.69, 9.17) is 39.5 Å². The average Bonchev–Trinajstić information content (AvgIpc) is 2.53. The molecule has 126 valence electrons. The largest absolute Gasteiger partial charge is 0.460 e. The van der Waals surface area contributed by atoms with E-state index >= 15 is 0 Å². The molecule has 1 atom stereocenters. The normalized spacial score (nSPS) is 11.7. The van der Waals surface area contributed by atoms with Crippen LogP contribution in [0.2, 0.25) is 15.2 Å². The van der Waals surface area contributed by atoms with Crippen molar-refractivity contribution in [2.75, 3.05) is 6.61 Å². The van der Waals surface area contributed by atoms with Crippen molar-refractivity contribution in [3.63, 3.8) is 0 Å². The van der Waals surface area contributed by atoms with Gasteiger partial charge in [0.05, 0.1) is 22.2 Å². The van der Waals surface area contributed by atoms with E-state index in [0.29, 0.717) is 5.02 Å². The van der Waals surface area contributed by atoms with Crippen LogP contribution in [0.3, 0.4) is 0 Å². The fourth-order valence-corrected chi connectivity index (χ4v) is 2.52. The summed E-state index contributed by atoms with van der Waals surface area (Å²) in [5.74, 6) is -1.00.